The number of hydrogen-bond acceptors (Lipinski definition) is 4. The van der Waals surface area contributed by atoms with Crippen LogP contribution >= 0.6 is 12.4 Å². The molecule has 0 heterocycles. The van der Waals surface area contributed by atoms with Crippen molar-refractivity contribution in [2.24, 2.45) is 0 Å². The Morgan fingerprint density at radius 3 is 2.33 bits per heavy atom. The number of amides is 1. The molecule has 0 bridgehead atoms. The van der Waals surface area contributed by atoms with Crippen LogP contribution in [-0.4, -0.2) is 32.1 Å². The Bertz CT molecular complexity index is 393. The van der Waals surface area contributed by atoms with Crippen molar-refractivity contribution >= 4 is 30.0 Å². The molecule has 0 aliphatic carbocycles. The zero-order chi connectivity index (χ0) is 12.7. The highest BCUT2D eigenvalue weighted by Gasteiger charge is 2.05. The lowest BCUT2D eigenvalue weighted by atomic mass is 10.2. The normalized spacial score (nSPS) is 9.22. The van der Waals surface area contributed by atoms with E-state index in [1.54, 1.807) is 24.3 Å². The van der Waals surface area contributed by atoms with Crippen LogP contribution in [0.15, 0.2) is 24.3 Å². The number of likely N-dealkylation sites (N-methyl/N-ethyl adjacent to an activating group) is 1. The summed E-state index contributed by atoms with van der Waals surface area (Å²) < 4.78 is 4.57. The van der Waals surface area contributed by atoms with Gasteiger partial charge in [-0.05, 0) is 30.8 Å². The predicted molar refractivity (Wildman–Crippen MR) is 72.2 cm³/mol. The molecule has 18 heavy (non-hydrogen) atoms. The van der Waals surface area contributed by atoms with Crippen molar-refractivity contribution in [1.29, 1.82) is 0 Å². The summed E-state index contributed by atoms with van der Waals surface area (Å²) in [6, 6.07) is 6.54. The molecule has 0 spiro atoms. The summed E-state index contributed by atoms with van der Waals surface area (Å²) in [6.45, 7) is 2.95. The summed E-state index contributed by atoms with van der Waals surface area (Å²) in [5.41, 5.74) is 1.11. The van der Waals surface area contributed by atoms with Gasteiger partial charge in [-0.2, -0.15) is 0 Å². The highest BCUT2D eigenvalue weighted by atomic mass is 35.5. The number of hydrogen-bond donors (Lipinski definition) is 2. The van der Waals surface area contributed by atoms with Gasteiger partial charge in [0.2, 0.25) is 5.91 Å². The maximum atomic E-state index is 11.4. The highest BCUT2D eigenvalue weighted by molar-refractivity contribution is 5.93. The first kappa shape index (κ1) is 16.4. The molecular weight excluding hydrogens is 256 g/mol. The van der Waals surface area contributed by atoms with Crippen LogP contribution in [0.2, 0.25) is 0 Å². The van der Waals surface area contributed by atoms with E-state index in [2.05, 4.69) is 15.4 Å². The van der Waals surface area contributed by atoms with E-state index in [-0.39, 0.29) is 24.9 Å². The standard InChI is InChI=1S/C12H16N2O3.ClH/c1-3-13-8-11(15)14-10-6-4-9(5-7-10)12(16)17-2;/h4-7,13H,3,8H2,1-2H3,(H,14,15);1H. The van der Waals surface area contributed by atoms with Gasteiger partial charge in [-0.1, -0.05) is 6.92 Å². The first-order valence-corrected chi connectivity index (χ1v) is 5.36. The van der Waals surface area contributed by atoms with Crippen LogP contribution in [0.5, 0.6) is 0 Å². The number of nitrogens with one attached hydrogen (secondary N) is 2. The van der Waals surface area contributed by atoms with Gasteiger partial charge in [0.15, 0.2) is 0 Å². The van der Waals surface area contributed by atoms with Gasteiger partial charge in [0, 0.05) is 5.69 Å². The van der Waals surface area contributed by atoms with Crippen molar-refractivity contribution in [1.82, 2.24) is 5.32 Å². The van der Waals surface area contributed by atoms with Gasteiger partial charge in [-0.3, -0.25) is 4.79 Å². The van der Waals surface area contributed by atoms with E-state index < -0.39 is 5.97 Å². The molecule has 0 radical (unpaired) electrons. The van der Waals surface area contributed by atoms with E-state index in [1.165, 1.54) is 7.11 Å². The molecule has 5 nitrogen and oxygen atoms in total. The summed E-state index contributed by atoms with van der Waals surface area (Å²) in [5, 5.41) is 5.63. The summed E-state index contributed by atoms with van der Waals surface area (Å²) in [6.07, 6.45) is 0. The zero-order valence-electron chi connectivity index (χ0n) is 10.4. The topological polar surface area (TPSA) is 67.4 Å². The summed E-state index contributed by atoms with van der Waals surface area (Å²) in [5.74, 6) is -0.506. The lowest BCUT2D eigenvalue weighted by Gasteiger charge is -2.06. The van der Waals surface area contributed by atoms with Crippen LogP contribution in [0.4, 0.5) is 5.69 Å². The number of carbonyl (C=O) groups is 2. The molecule has 1 rings (SSSR count). The van der Waals surface area contributed by atoms with Gasteiger partial charge in [0.05, 0.1) is 19.2 Å². The van der Waals surface area contributed by atoms with Crippen LogP contribution in [0.1, 0.15) is 17.3 Å². The van der Waals surface area contributed by atoms with Crippen LogP contribution in [0.25, 0.3) is 0 Å². The minimum absolute atomic E-state index is 0. The van der Waals surface area contributed by atoms with Crippen molar-refractivity contribution in [2.45, 2.75) is 6.92 Å². The van der Waals surface area contributed by atoms with Crippen LogP contribution in [0.3, 0.4) is 0 Å². The third-order valence-corrected chi connectivity index (χ3v) is 2.13. The van der Waals surface area contributed by atoms with E-state index >= 15 is 0 Å². The molecule has 0 fully saturated rings. The smallest absolute Gasteiger partial charge is 0.337 e. The van der Waals surface area contributed by atoms with Crippen molar-refractivity contribution in [3.05, 3.63) is 29.8 Å². The Balaban J connectivity index is 0.00000289. The Morgan fingerprint density at radius 1 is 1.22 bits per heavy atom. The van der Waals surface area contributed by atoms with Crippen molar-refractivity contribution in [3.63, 3.8) is 0 Å². The molecule has 0 aromatic heterocycles. The molecule has 0 saturated carbocycles. The Labute approximate surface area is 112 Å². The Hall–Kier alpha value is -1.59. The van der Waals surface area contributed by atoms with Gasteiger partial charge in [-0.15, -0.1) is 12.4 Å². The minimum atomic E-state index is -0.393. The molecule has 0 saturated heterocycles. The SMILES string of the molecule is CCNCC(=O)Nc1ccc(C(=O)OC)cc1.Cl. The number of benzene rings is 1. The number of rotatable bonds is 5. The molecule has 1 aromatic rings. The lowest BCUT2D eigenvalue weighted by Crippen LogP contribution is -2.27. The quantitative estimate of drug-likeness (QED) is 0.796. The van der Waals surface area contributed by atoms with Crippen LogP contribution < -0.4 is 10.6 Å². The number of methoxy groups -OCH3 is 1. The molecular formula is C12H17ClN2O3. The van der Waals surface area contributed by atoms with Crippen molar-refractivity contribution in [2.75, 3.05) is 25.5 Å². The molecule has 0 aliphatic heterocycles. The van der Waals surface area contributed by atoms with E-state index in [0.29, 0.717) is 11.3 Å². The number of halogens is 1. The number of esters is 1. The molecule has 2 N–H and O–H groups in total. The molecule has 1 aromatic carbocycles. The first-order valence-electron chi connectivity index (χ1n) is 5.36. The average molecular weight is 273 g/mol. The number of ether oxygens (including phenoxy) is 1. The fraction of sp³-hybridized carbons (Fsp3) is 0.333. The summed E-state index contributed by atoms with van der Waals surface area (Å²) >= 11 is 0. The number of anilines is 1. The number of carbonyl (C=O) groups excluding carboxylic acids is 2. The van der Waals surface area contributed by atoms with Crippen LogP contribution in [-0.2, 0) is 9.53 Å². The summed E-state index contributed by atoms with van der Waals surface area (Å²) in [7, 11) is 1.33. The third kappa shape index (κ3) is 5.16. The molecule has 0 aliphatic rings. The van der Waals surface area contributed by atoms with Gasteiger partial charge in [-0.25, -0.2) is 4.79 Å². The zero-order valence-corrected chi connectivity index (χ0v) is 11.2. The second-order valence-electron chi connectivity index (χ2n) is 3.40. The van der Waals surface area contributed by atoms with Gasteiger partial charge in [0.1, 0.15) is 0 Å². The molecule has 1 amide bonds. The van der Waals surface area contributed by atoms with E-state index in [9.17, 15) is 9.59 Å². The third-order valence-electron chi connectivity index (χ3n) is 2.13. The molecule has 6 heteroatoms. The van der Waals surface area contributed by atoms with Gasteiger partial charge >= 0.3 is 5.97 Å². The second-order valence-corrected chi connectivity index (χ2v) is 3.40. The fourth-order valence-electron chi connectivity index (χ4n) is 1.25. The predicted octanol–water partition coefficient (Wildman–Crippen LogP) is 1.44. The highest BCUT2D eigenvalue weighted by Crippen LogP contribution is 2.10. The molecule has 0 atom stereocenters. The Morgan fingerprint density at radius 2 is 1.83 bits per heavy atom. The maximum Gasteiger partial charge on any atom is 0.337 e. The van der Waals surface area contributed by atoms with Gasteiger partial charge < -0.3 is 15.4 Å². The largest absolute Gasteiger partial charge is 0.465 e. The Kier molecular flexibility index (Phi) is 7.74. The minimum Gasteiger partial charge on any atom is -0.465 e. The van der Waals surface area contributed by atoms with Crippen molar-refractivity contribution in [3.8, 4) is 0 Å². The summed E-state index contributed by atoms with van der Waals surface area (Å²) in [4.78, 5) is 22.5. The van der Waals surface area contributed by atoms with E-state index in [0.717, 1.165) is 6.54 Å². The van der Waals surface area contributed by atoms with Crippen molar-refractivity contribution < 1.29 is 14.3 Å². The van der Waals surface area contributed by atoms with E-state index in [4.69, 9.17) is 0 Å². The molecule has 0 unspecified atom stereocenters. The van der Waals surface area contributed by atoms with Crippen LogP contribution in [0, 0.1) is 0 Å². The fourth-order valence-corrected chi connectivity index (χ4v) is 1.25. The molecule has 100 valence electrons. The second kappa shape index (κ2) is 8.49. The maximum absolute atomic E-state index is 11.4. The van der Waals surface area contributed by atoms with Gasteiger partial charge in [0.25, 0.3) is 0 Å². The van der Waals surface area contributed by atoms with E-state index in [1.807, 2.05) is 6.92 Å². The average Bonchev–Trinajstić information content (AvgIpc) is 2.36. The lowest BCUT2D eigenvalue weighted by molar-refractivity contribution is -0.115. The first-order chi connectivity index (χ1) is 8.17. The monoisotopic (exact) mass is 272 g/mol.